The molecule has 0 radical (unpaired) electrons. The van der Waals surface area contributed by atoms with Crippen LogP contribution in [0.4, 0.5) is 0 Å². The van der Waals surface area contributed by atoms with E-state index >= 15 is 0 Å². The van der Waals surface area contributed by atoms with Crippen molar-refractivity contribution < 1.29 is 9.53 Å². The Labute approximate surface area is 80.6 Å². The summed E-state index contributed by atoms with van der Waals surface area (Å²) < 4.78 is 4.70. The zero-order valence-electron chi connectivity index (χ0n) is 8.34. The van der Waals surface area contributed by atoms with Crippen molar-refractivity contribution in [2.75, 3.05) is 7.11 Å². The van der Waals surface area contributed by atoms with E-state index in [1.54, 1.807) is 6.20 Å². The number of ether oxygens (including phenoxy) is 1. The molecule has 0 bridgehead atoms. The lowest BCUT2D eigenvalue weighted by Gasteiger charge is -2.08. The molecular weight excluding hydrogens is 182 g/mol. The molecule has 0 fully saturated rings. The Kier molecular flexibility index (Phi) is 2.82. The molecule has 70 valence electrons. The van der Waals surface area contributed by atoms with Crippen LogP contribution in [0.2, 0.25) is 0 Å². The van der Waals surface area contributed by atoms with Gasteiger partial charge in [-0.15, -0.1) is 0 Å². The molecule has 0 aliphatic rings. The van der Waals surface area contributed by atoms with E-state index in [4.69, 9.17) is 4.74 Å². The summed E-state index contributed by atoms with van der Waals surface area (Å²) in [5.74, 6) is -0.279. The maximum Gasteiger partial charge on any atom is 0.339 e. The van der Waals surface area contributed by atoms with Crippen LogP contribution in [0.25, 0.3) is 0 Å². The van der Waals surface area contributed by atoms with Gasteiger partial charge in [0.25, 0.3) is 0 Å². The first-order chi connectivity index (χ1) is 6.07. The van der Waals surface area contributed by atoms with Crippen LogP contribution in [0.1, 0.15) is 21.5 Å². The van der Waals surface area contributed by atoms with Crippen LogP contribution in [-0.2, 0) is 4.74 Å². The Balaban J connectivity index is 3.33. The van der Waals surface area contributed by atoms with Crippen LogP contribution in [0, 0.1) is 13.8 Å². The van der Waals surface area contributed by atoms with Crippen LogP contribution >= 0.6 is 0 Å². The van der Waals surface area contributed by atoms with Crippen LogP contribution in [-0.4, -0.2) is 28.3 Å². The molecule has 1 rings (SSSR count). The Morgan fingerprint density at radius 2 is 2.15 bits per heavy atom. The van der Waals surface area contributed by atoms with Gasteiger partial charge in [-0.05, 0) is 25.0 Å². The van der Waals surface area contributed by atoms with Gasteiger partial charge in [0.1, 0.15) is 0 Å². The zero-order chi connectivity index (χ0) is 10.0. The summed E-state index contributed by atoms with van der Waals surface area (Å²) in [5.41, 5.74) is 2.65. The summed E-state index contributed by atoms with van der Waals surface area (Å²) >= 11 is 0. The normalized spacial score (nSPS) is 10.1. The summed E-state index contributed by atoms with van der Waals surface area (Å²) in [7, 11) is 2.16. The van der Waals surface area contributed by atoms with Gasteiger partial charge < -0.3 is 4.74 Å². The molecule has 0 aliphatic heterocycles. The Hall–Kier alpha value is -1.16. The second-order valence-corrected chi connectivity index (χ2v) is 3.97. The lowest BCUT2D eigenvalue weighted by molar-refractivity contribution is 0.0601. The minimum atomic E-state index is -0.279. The highest BCUT2D eigenvalue weighted by atomic mass is 28.1. The molecule has 0 aromatic carbocycles. The van der Waals surface area contributed by atoms with Gasteiger partial charge in [0, 0.05) is 11.5 Å². The quantitative estimate of drug-likeness (QED) is 0.447. The maximum absolute atomic E-state index is 11.4. The van der Waals surface area contributed by atoms with Gasteiger partial charge in [-0.25, -0.2) is 4.79 Å². The predicted octanol–water partition coefficient (Wildman–Crippen LogP) is -0.524. The molecule has 0 saturated heterocycles. The predicted molar refractivity (Wildman–Crippen MR) is 54.6 cm³/mol. The smallest absolute Gasteiger partial charge is 0.339 e. The Bertz CT molecular complexity index is 350. The molecular formula is C9H13NO2Si. The number of methoxy groups -OCH3 is 1. The second kappa shape index (κ2) is 3.70. The molecule has 1 aromatic rings. The van der Waals surface area contributed by atoms with Gasteiger partial charge in [0.05, 0.1) is 22.9 Å². The third-order valence-electron chi connectivity index (χ3n) is 2.17. The van der Waals surface area contributed by atoms with E-state index in [2.05, 4.69) is 4.98 Å². The number of esters is 1. The standard InChI is InChI=1S/C9H13NO2Si/c1-5-4-10-8(13)7(6(5)2)9(11)12-3/h4H,1-3,13H3. The third-order valence-corrected chi connectivity index (χ3v) is 2.93. The van der Waals surface area contributed by atoms with Crippen LogP contribution in [0.15, 0.2) is 6.20 Å². The van der Waals surface area contributed by atoms with Gasteiger partial charge in [-0.1, -0.05) is 0 Å². The number of aryl methyl sites for hydroxylation is 1. The number of hydrogen-bond donors (Lipinski definition) is 0. The number of nitrogens with zero attached hydrogens (tertiary/aromatic N) is 1. The van der Waals surface area contributed by atoms with Gasteiger partial charge in [-0.2, -0.15) is 0 Å². The minimum absolute atomic E-state index is 0.279. The van der Waals surface area contributed by atoms with Gasteiger partial charge >= 0.3 is 5.97 Å². The number of rotatable bonds is 1. The second-order valence-electron chi connectivity index (χ2n) is 3.02. The fourth-order valence-electron chi connectivity index (χ4n) is 1.23. The highest BCUT2D eigenvalue weighted by molar-refractivity contribution is 6.34. The molecule has 0 spiro atoms. The van der Waals surface area contributed by atoms with E-state index < -0.39 is 0 Å². The van der Waals surface area contributed by atoms with E-state index in [9.17, 15) is 4.79 Å². The fraction of sp³-hybridized carbons (Fsp3) is 0.333. The molecule has 0 atom stereocenters. The first-order valence-electron chi connectivity index (χ1n) is 4.09. The Morgan fingerprint density at radius 1 is 1.54 bits per heavy atom. The molecule has 0 unspecified atom stereocenters. The number of hydrogen-bond acceptors (Lipinski definition) is 3. The summed E-state index contributed by atoms with van der Waals surface area (Å²) in [6.07, 6.45) is 1.80. The molecule has 0 aliphatic carbocycles. The largest absolute Gasteiger partial charge is 0.465 e. The highest BCUT2D eigenvalue weighted by Crippen LogP contribution is 2.09. The first kappa shape index (κ1) is 9.92. The van der Waals surface area contributed by atoms with E-state index in [0.29, 0.717) is 5.56 Å². The monoisotopic (exact) mass is 195 g/mol. The molecule has 0 saturated carbocycles. The summed E-state index contributed by atoms with van der Waals surface area (Å²) in [5, 5.41) is 0.856. The summed E-state index contributed by atoms with van der Waals surface area (Å²) in [6, 6.07) is 0. The lowest BCUT2D eigenvalue weighted by atomic mass is 10.1. The first-order valence-corrected chi connectivity index (χ1v) is 5.09. The van der Waals surface area contributed by atoms with E-state index in [1.807, 2.05) is 13.8 Å². The van der Waals surface area contributed by atoms with Crippen molar-refractivity contribution in [3.05, 3.63) is 22.9 Å². The SMILES string of the molecule is COC(=O)c1c([SiH3])ncc(C)c1C. The van der Waals surface area contributed by atoms with Gasteiger partial charge in [-0.3, -0.25) is 4.98 Å². The van der Waals surface area contributed by atoms with Crippen LogP contribution in [0.3, 0.4) is 0 Å². The molecule has 1 aromatic heterocycles. The molecule has 4 heteroatoms. The van der Waals surface area contributed by atoms with Crippen molar-refractivity contribution in [2.24, 2.45) is 0 Å². The molecule has 0 N–H and O–H groups in total. The average Bonchev–Trinajstić information content (AvgIpc) is 2.12. The van der Waals surface area contributed by atoms with Crippen molar-refractivity contribution >= 4 is 21.5 Å². The van der Waals surface area contributed by atoms with E-state index in [-0.39, 0.29) is 5.97 Å². The number of carbonyl (C=O) groups is 1. The summed E-state index contributed by atoms with van der Waals surface area (Å²) in [4.78, 5) is 15.5. The van der Waals surface area contributed by atoms with E-state index in [0.717, 1.165) is 26.7 Å². The molecule has 3 nitrogen and oxygen atoms in total. The molecule has 13 heavy (non-hydrogen) atoms. The third kappa shape index (κ3) is 1.77. The molecule has 0 amide bonds. The number of aromatic nitrogens is 1. The topological polar surface area (TPSA) is 39.2 Å². The van der Waals surface area contributed by atoms with Gasteiger partial charge in [0.2, 0.25) is 0 Å². The van der Waals surface area contributed by atoms with Crippen LogP contribution in [0.5, 0.6) is 0 Å². The van der Waals surface area contributed by atoms with Crippen molar-refractivity contribution in [1.82, 2.24) is 4.98 Å². The fourth-order valence-corrected chi connectivity index (χ4v) is 1.93. The van der Waals surface area contributed by atoms with Crippen LogP contribution < -0.4 is 5.32 Å². The Morgan fingerprint density at radius 3 is 2.69 bits per heavy atom. The van der Waals surface area contributed by atoms with Crippen molar-refractivity contribution in [1.29, 1.82) is 0 Å². The number of pyridine rings is 1. The zero-order valence-corrected chi connectivity index (χ0v) is 10.3. The van der Waals surface area contributed by atoms with Crippen molar-refractivity contribution in [3.8, 4) is 0 Å². The molecule has 1 heterocycles. The minimum Gasteiger partial charge on any atom is -0.465 e. The number of carbonyl (C=O) groups excluding carboxylic acids is 1. The summed E-state index contributed by atoms with van der Waals surface area (Å²) in [6.45, 7) is 3.86. The van der Waals surface area contributed by atoms with Crippen molar-refractivity contribution in [3.63, 3.8) is 0 Å². The lowest BCUT2D eigenvalue weighted by Crippen LogP contribution is -2.22. The van der Waals surface area contributed by atoms with Gasteiger partial charge in [0.15, 0.2) is 0 Å². The maximum atomic E-state index is 11.4. The van der Waals surface area contributed by atoms with E-state index in [1.165, 1.54) is 7.11 Å². The average molecular weight is 195 g/mol. The van der Waals surface area contributed by atoms with Crippen molar-refractivity contribution in [2.45, 2.75) is 13.8 Å². The highest BCUT2D eigenvalue weighted by Gasteiger charge is 2.14.